The van der Waals surface area contributed by atoms with E-state index >= 15 is 0 Å². The molecule has 0 fully saturated rings. The van der Waals surface area contributed by atoms with Crippen LogP contribution < -0.4 is 0 Å². The zero-order chi connectivity index (χ0) is 48.5. The Labute approximate surface area is 397 Å². The summed E-state index contributed by atoms with van der Waals surface area (Å²) in [6.45, 7) is 35.2. The average Bonchev–Trinajstić information content (AvgIpc) is 3.12. The maximum absolute atomic E-state index is 12.8. The predicted molar refractivity (Wildman–Crippen MR) is 276 cm³/mol. The van der Waals surface area contributed by atoms with Gasteiger partial charge in [-0.05, 0) is 135 Å². The Bertz CT molecular complexity index is 2260. The topological polar surface area (TPSA) is 25.8 Å². The van der Waals surface area contributed by atoms with Crippen molar-refractivity contribution in [2.45, 2.75) is 143 Å². The largest absolute Gasteiger partial charge is 0.245 e. The first-order valence-electron chi connectivity index (χ1n) is 22.5. The Morgan fingerprint density at radius 1 is 0.438 bits per heavy atom. The Morgan fingerprint density at radius 2 is 0.906 bits per heavy atom. The summed E-state index contributed by atoms with van der Waals surface area (Å²) < 4.78 is 25.5. The predicted octanol–water partition coefficient (Wildman–Crippen LogP) is 18.2. The number of aromatic nitrogens is 2. The molecule has 0 radical (unpaired) electrons. The van der Waals surface area contributed by atoms with Crippen molar-refractivity contribution < 1.29 is 8.78 Å². The van der Waals surface area contributed by atoms with Crippen molar-refractivity contribution in [3.05, 3.63) is 177 Å². The molecular weight excluding hydrogens is 834 g/mol. The minimum Gasteiger partial charge on any atom is -0.245 e. The molecule has 5 aromatic carbocycles. The van der Waals surface area contributed by atoms with E-state index in [-0.39, 0.29) is 10.8 Å². The van der Waals surface area contributed by atoms with Crippen LogP contribution in [0.4, 0.5) is 8.78 Å². The zero-order valence-electron chi connectivity index (χ0n) is 42.0. The van der Waals surface area contributed by atoms with Crippen molar-refractivity contribution in [1.29, 1.82) is 0 Å². The second-order valence-corrected chi connectivity index (χ2v) is 23.8. The van der Waals surface area contributed by atoms with Gasteiger partial charge in [0.25, 0.3) is 0 Å². The van der Waals surface area contributed by atoms with Crippen molar-refractivity contribution in [2.75, 3.05) is 0 Å². The first-order valence-corrected chi connectivity index (χ1v) is 23.3. The van der Waals surface area contributed by atoms with Crippen molar-refractivity contribution in [3.63, 3.8) is 0 Å². The van der Waals surface area contributed by atoms with E-state index in [1.807, 2.05) is 45.0 Å². The average molecular weight is 912 g/mol. The lowest BCUT2D eigenvalue weighted by Crippen LogP contribution is -2.10. The normalized spacial score (nSPS) is 11.8. The molecule has 0 bridgehead atoms. The van der Waals surface area contributed by atoms with E-state index in [1.165, 1.54) is 51.6 Å². The standard InChI is InChI=1S/C15H18.C12H18.C11H14Cl2.C11H14F2.C9H14N2/c1-15(2,3)11-12-8-9-13-6-4-5-7-14(13)10-12;1-10-7-5-6-8-11(10)9-12(2,3)4;1-11(2,3)7-8-4-5-9(12)10(13)6-8;1-11(2,3)7-8-4-9(12)6-10(13)5-8;1-9(2,3)6-8-4-5-10-7-11-8/h4-10H,11H2,1-3H3;5-8H,9H2,1-4H3;2*4-6H,7H2,1-3H3;4-5,7H,6H2,1-3H3. The van der Waals surface area contributed by atoms with Gasteiger partial charge in [0, 0.05) is 18.0 Å². The Balaban J connectivity index is 0.000000276. The maximum Gasteiger partial charge on any atom is 0.126 e. The smallest absolute Gasteiger partial charge is 0.126 e. The lowest BCUT2D eigenvalue weighted by atomic mass is 9.86. The number of fused-ring (bicyclic) bond motifs is 1. The van der Waals surface area contributed by atoms with Crippen LogP contribution in [0.15, 0.2) is 122 Å². The van der Waals surface area contributed by atoms with Gasteiger partial charge in [-0.3, -0.25) is 0 Å². The molecule has 0 aliphatic carbocycles. The van der Waals surface area contributed by atoms with Crippen molar-refractivity contribution in [2.24, 2.45) is 27.1 Å². The lowest BCUT2D eigenvalue weighted by Gasteiger charge is -2.19. The molecule has 1 aromatic heterocycles. The van der Waals surface area contributed by atoms with Gasteiger partial charge in [0.05, 0.1) is 10.0 Å². The first kappa shape index (κ1) is 56.0. The lowest BCUT2D eigenvalue weighted by molar-refractivity contribution is 0.406. The molecule has 0 amide bonds. The highest BCUT2D eigenvalue weighted by atomic mass is 35.5. The molecule has 0 spiro atoms. The van der Waals surface area contributed by atoms with E-state index in [0.29, 0.717) is 38.3 Å². The van der Waals surface area contributed by atoms with Crippen LogP contribution in [0.5, 0.6) is 0 Å². The molecule has 2 nitrogen and oxygen atoms in total. The summed E-state index contributed by atoms with van der Waals surface area (Å²) in [5, 5.41) is 3.94. The fourth-order valence-corrected chi connectivity index (χ4v) is 7.21. The van der Waals surface area contributed by atoms with E-state index in [9.17, 15) is 8.78 Å². The molecule has 0 N–H and O–H groups in total. The van der Waals surface area contributed by atoms with Gasteiger partial charge in [0.2, 0.25) is 0 Å². The molecule has 0 aliphatic heterocycles. The van der Waals surface area contributed by atoms with Crippen molar-refractivity contribution >= 4 is 34.0 Å². The van der Waals surface area contributed by atoms with Gasteiger partial charge >= 0.3 is 0 Å². The summed E-state index contributed by atoms with van der Waals surface area (Å²) in [6.07, 6.45) is 8.40. The Hall–Kier alpha value is -4.12. The highest BCUT2D eigenvalue weighted by Gasteiger charge is 2.15. The number of benzene rings is 5. The second-order valence-electron chi connectivity index (χ2n) is 23.0. The third kappa shape index (κ3) is 26.0. The van der Waals surface area contributed by atoms with Crippen LogP contribution >= 0.6 is 23.2 Å². The number of rotatable bonds is 5. The Morgan fingerprint density at radius 3 is 1.39 bits per heavy atom. The highest BCUT2D eigenvalue weighted by Crippen LogP contribution is 2.28. The number of hydrogen-bond acceptors (Lipinski definition) is 2. The van der Waals surface area contributed by atoms with Crippen LogP contribution in [0.3, 0.4) is 0 Å². The Kier molecular flexibility index (Phi) is 21.9. The van der Waals surface area contributed by atoms with E-state index in [2.05, 4.69) is 167 Å². The summed E-state index contributed by atoms with van der Waals surface area (Å²) in [6, 6.07) is 35.4. The minimum atomic E-state index is -0.501. The molecule has 0 aliphatic rings. The summed E-state index contributed by atoms with van der Waals surface area (Å²) in [4.78, 5) is 8.02. The molecule has 64 heavy (non-hydrogen) atoms. The SMILES string of the molecule is CC(C)(C)Cc1cc(F)cc(F)c1.CC(C)(C)Cc1ccc(Cl)c(Cl)c1.CC(C)(C)Cc1ccc2ccccc2c1.CC(C)(C)Cc1ccncn1.Cc1ccccc1CC(C)(C)C. The molecule has 6 heteroatoms. The van der Waals surface area contributed by atoms with E-state index < -0.39 is 11.6 Å². The number of aryl methyl sites for hydroxylation is 1. The van der Waals surface area contributed by atoms with Crippen LogP contribution in [-0.4, -0.2) is 9.97 Å². The quantitative estimate of drug-likeness (QED) is 0.172. The van der Waals surface area contributed by atoms with Crippen LogP contribution in [-0.2, 0) is 32.1 Å². The van der Waals surface area contributed by atoms with Crippen LogP contribution in [0.1, 0.15) is 137 Å². The highest BCUT2D eigenvalue weighted by molar-refractivity contribution is 6.42. The fraction of sp³-hybridized carbons (Fsp3) is 0.448. The first-order chi connectivity index (χ1) is 29.4. The van der Waals surface area contributed by atoms with Crippen LogP contribution in [0, 0.1) is 45.6 Å². The third-order valence-electron chi connectivity index (χ3n) is 9.26. The molecule has 0 saturated carbocycles. The van der Waals surface area contributed by atoms with E-state index in [4.69, 9.17) is 23.2 Å². The summed E-state index contributed by atoms with van der Waals surface area (Å²) in [5.41, 5.74) is 8.80. The van der Waals surface area contributed by atoms with E-state index in [0.717, 1.165) is 31.0 Å². The van der Waals surface area contributed by atoms with Gasteiger partial charge in [-0.25, -0.2) is 18.7 Å². The van der Waals surface area contributed by atoms with Crippen molar-refractivity contribution in [3.8, 4) is 0 Å². The van der Waals surface area contributed by atoms with Gasteiger partial charge in [-0.15, -0.1) is 0 Å². The monoisotopic (exact) mass is 911 g/mol. The van der Waals surface area contributed by atoms with Gasteiger partial charge in [-0.2, -0.15) is 0 Å². The van der Waals surface area contributed by atoms with Crippen LogP contribution in [0.2, 0.25) is 10.0 Å². The van der Waals surface area contributed by atoms with Gasteiger partial charge in [0.1, 0.15) is 18.0 Å². The molecule has 6 aromatic rings. The summed E-state index contributed by atoms with van der Waals surface area (Å²) in [5.74, 6) is -1.00. The third-order valence-corrected chi connectivity index (χ3v) is 10.00. The fourth-order valence-electron chi connectivity index (χ4n) is 6.89. The van der Waals surface area contributed by atoms with Gasteiger partial charge in [-0.1, -0.05) is 200 Å². The molecule has 0 saturated heterocycles. The molecule has 6 rings (SSSR count). The molecule has 348 valence electrons. The maximum atomic E-state index is 12.8. The number of nitrogens with zero attached hydrogens (tertiary/aromatic N) is 2. The van der Waals surface area contributed by atoms with Gasteiger partial charge in [0.15, 0.2) is 0 Å². The summed E-state index contributed by atoms with van der Waals surface area (Å²) in [7, 11) is 0. The molecule has 0 atom stereocenters. The van der Waals surface area contributed by atoms with E-state index in [1.54, 1.807) is 12.5 Å². The van der Waals surface area contributed by atoms with Crippen molar-refractivity contribution in [1.82, 2.24) is 9.97 Å². The molecular formula is C58H78Cl2F2N2. The molecule has 1 heterocycles. The second kappa shape index (κ2) is 25.0. The number of halogens is 4. The van der Waals surface area contributed by atoms with Gasteiger partial charge < -0.3 is 0 Å². The zero-order valence-corrected chi connectivity index (χ0v) is 43.5. The summed E-state index contributed by atoms with van der Waals surface area (Å²) >= 11 is 11.7. The molecule has 0 unspecified atom stereocenters. The van der Waals surface area contributed by atoms with Crippen LogP contribution in [0.25, 0.3) is 10.8 Å². The minimum absolute atomic E-state index is 0.0558. The number of hydrogen-bond donors (Lipinski definition) is 0.